The molecule has 0 radical (unpaired) electrons. The van der Waals surface area contributed by atoms with E-state index in [-0.39, 0.29) is 23.7 Å². The molecule has 0 spiro atoms. The monoisotopic (exact) mass is 282 g/mol. The van der Waals surface area contributed by atoms with E-state index in [1.807, 2.05) is 13.8 Å². The molecular weight excluding hydrogens is 260 g/mol. The second-order valence-electron chi connectivity index (χ2n) is 5.53. The summed E-state index contributed by atoms with van der Waals surface area (Å²) >= 11 is 0. The molecule has 1 unspecified atom stereocenters. The second-order valence-corrected chi connectivity index (χ2v) is 5.53. The van der Waals surface area contributed by atoms with Crippen molar-refractivity contribution in [1.29, 1.82) is 0 Å². The van der Waals surface area contributed by atoms with Crippen molar-refractivity contribution in [3.05, 3.63) is 24.2 Å². The standard InChI is InChI=1S/C14H22N2O4/c1-10(16-13(19)11-5-4-8-20-11)12(18)15-9-14(2,3)6-7-17/h4-5,8,10,17H,6-7,9H2,1-3H3,(H,15,18)(H,16,19). The van der Waals surface area contributed by atoms with Crippen LogP contribution in [-0.2, 0) is 4.79 Å². The van der Waals surface area contributed by atoms with Crippen LogP contribution in [0.25, 0.3) is 0 Å². The highest BCUT2D eigenvalue weighted by Gasteiger charge is 2.22. The SMILES string of the molecule is CC(NC(=O)c1ccco1)C(=O)NCC(C)(C)CCO. The fourth-order valence-electron chi connectivity index (χ4n) is 1.61. The van der Waals surface area contributed by atoms with Gasteiger partial charge in [-0.05, 0) is 30.9 Å². The van der Waals surface area contributed by atoms with E-state index in [9.17, 15) is 9.59 Å². The summed E-state index contributed by atoms with van der Waals surface area (Å²) in [6, 6.07) is 2.49. The molecule has 0 fully saturated rings. The Hall–Kier alpha value is -1.82. The molecular formula is C14H22N2O4. The van der Waals surface area contributed by atoms with Crippen LogP contribution in [0.3, 0.4) is 0 Å². The zero-order valence-electron chi connectivity index (χ0n) is 12.1. The molecule has 1 atom stereocenters. The summed E-state index contributed by atoms with van der Waals surface area (Å²) in [6.45, 7) is 6.03. The average molecular weight is 282 g/mol. The Morgan fingerprint density at radius 2 is 2.15 bits per heavy atom. The van der Waals surface area contributed by atoms with Crippen molar-refractivity contribution in [2.45, 2.75) is 33.2 Å². The van der Waals surface area contributed by atoms with Crippen molar-refractivity contribution < 1.29 is 19.1 Å². The van der Waals surface area contributed by atoms with Crippen molar-refractivity contribution in [2.24, 2.45) is 5.41 Å². The zero-order chi connectivity index (χ0) is 15.2. The number of carbonyl (C=O) groups excluding carboxylic acids is 2. The molecule has 1 aromatic heterocycles. The quantitative estimate of drug-likeness (QED) is 0.693. The van der Waals surface area contributed by atoms with Crippen molar-refractivity contribution in [3.63, 3.8) is 0 Å². The smallest absolute Gasteiger partial charge is 0.287 e. The fraction of sp³-hybridized carbons (Fsp3) is 0.571. The Morgan fingerprint density at radius 1 is 1.45 bits per heavy atom. The maximum absolute atomic E-state index is 11.9. The minimum absolute atomic E-state index is 0.0770. The first kappa shape index (κ1) is 16.2. The van der Waals surface area contributed by atoms with Gasteiger partial charge in [0, 0.05) is 13.2 Å². The Morgan fingerprint density at radius 3 is 2.70 bits per heavy atom. The molecule has 0 aliphatic rings. The van der Waals surface area contributed by atoms with E-state index in [4.69, 9.17) is 9.52 Å². The summed E-state index contributed by atoms with van der Waals surface area (Å²) in [7, 11) is 0. The van der Waals surface area contributed by atoms with Gasteiger partial charge in [0.15, 0.2) is 5.76 Å². The minimum Gasteiger partial charge on any atom is -0.459 e. The number of aliphatic hydroxyl groups is 1. The van der Waals surface area contributed by atoms with Crippen molar-refractivity contribution in [3.8, 4) is 0 Å². The van der Waals surface area contributed by atoms with Crippen LogP contribution in [-0.4, -0.2) is 36.1 Å². The van der Waals surface area contributed by atoms with Gasteiger partial charge < -0.3 is 20.2 Å². The van der Waals surface area contributed by atoms with E-state index in [0.717, 1.165) is 0 Å². The Labute approximate surface area is 118 Å². The van der Waals surface area contributed by atoms with Gasteiger partial charge in [0.25, 0.3) is 5.91 Å². The number of hydrogen-bond donors (Lipinski definition) is 3. The molecule has 2 amide bonds. The highest BCUT2D eigenvalue weighted by Crippen LogP contribution is 2.17. The summed E-state index contributed by atoms with van der Waals surface area (Å²) in [5, 5.41) is 14.2. The molecule has 0 saturated heterocycles. The Balaban J connectivity index is 2.41. The molecule has 6 heteroatoms. The van der Waals surface area contributed by atoms with Crippen LogP contribution >= 0.6 is 0 Å². The molecule has 1 aromatic rings. The van der Waals surface area contributed by atoms with E-state index in [1.54, 1.807) is 13.0 Å². The molecule has 0 aliphatic carbocycles. The Bertz CT molecular complexity index is 440. The van der Waals surface area contributed by atoms with Crippen LogP contribution < -0.4 is 10.6 Å². The number of hydrogen-bond acceptors (Lipinski definition) is 4. The summed E-state index contributed by atoms with van der Waals surface area (Å²) in [6.07, 6.45) is 2.00. The normalized spacial score (nSPS) is 12.8. The number of furan rings is 1. The molecule has 112 valence electrons. The molecule has 6 nitrogen and oxygen atoms in total. The topological polar surface area (TPSA) is 91.6 Å². The molecule has 20 heavy (non-hydrogen) atoms. The summed E-state index contributed by atoms with van der Waals surface area (Å²) < 4.78 is 4.95. The maximum atomic E-state index is 11.9. The molecule has 1 rings (SSSR count). The van der Waals surface area contributed by atoms with E-state index in [0.29, 0.717) is 13.0 Å². The first-order valence-corrected chi connectivity index (χ1v) is 6.59. The van der Waals surface area contributed by atoms with Crippen LogP contribution in [0.2, 0.25) is 0 Å². The number of aliphatic hydroxyl groups excluding tert-OH is 1. The molecule has 0 aromatic carbocycles. The lowest BCUT2D eigenvalue weighted by Gasteiger charge is -2.25. The van der Waals surface area contributed by atoms with Crippen LogP contribution in [0, 0.1) is 5.41 Å². The van der Waals surface area contributed by atoms with Gasteiger partial charge >= 0.3 is 0 Å². The van der Waals surface area contributed by atoms with Crippen molar-refractivity contribution in [1.82, 2.24) is 10.6 Å². The lowest BCUT2D eigenvalue weighted by atomic mass is 9.89. The number of carbonyl (C=O) groups is 2. The second kappa shape index (κ2) is 7.09. The van der Waals surface area contributed by atoms with Gasteiger partial charge in [0.1, 0.15) is 6.04 Å². The van der Waals surface area contributed by atoms with Crippen molar-refractivity contribution in [2.75, 3.05) is 13.2 Å². The van der Waals surface area contributed by atoms with Gasteiger partial charge in [-0.1, -0.05) is 13.8 Å². The third-order valence-corrected chi connectivity index (χ3v) is 3.02. The van der Waals surface area contributed by atoms with Crippen molar-refractivity contribution >= 4 is 11.8 Å². The fourth-order valence-corrected chi connectivity index (χ4v) is 1.61. The van der Waals surface area contributed by atoms with E-state index in [2.05, 4.69) is 10.6 Å². The van der Waals surface area contributed by atoms with E-state index in [1.165, 1.54) is 12.3 Å². The highest BCUT2D eigenvalue weighted by molar-refractivity contribution is 5.95. The van der Waals surface area contributed by atoms with Gasteiger partial charge in [-0.3, -0.25) is 9.59 Å². The van der Waals surface area contributed by atoms with Gasteiger partial charge in [0.05, 0.1) is 6.26 Å². The number of rotatable bonds is 7. The predicted molar refractivity (Wildman–Crippen MR) is 74.1 cm³/mol. The first-order valence-electron chi connectivity index (χ1n) is 6.59. The van der Waals surface area contributed by atoms with Gasteiger partial charge in [0.2, 0.25) is 5.91 Å². The van der Waals surface area contributed by atoms with Crippen LogP contribution in [0.5, 0.6) is 0 Å². The van der Waals surface area contributed by atoms with Crippen LogP contribution in [0.15, 0.2) is 22.8 Å². The number of amides is 2. The third-order valence-electron chi connectivity index (χ3n) is 3.02. The van der Waals surface area contributed by atoms with Crippen LogP contribution in [0.1, 0.15) is 37.7 Å². The zero-order valence-corrected chi connectivity index (χ0v) is 12.1. The summed E-state index contributed by atoms with van der Waals surface area (Å²) in [5.74, 6) is -0.520. The average Bonchev–Trinajstić information content (AvgIpc) is 2.89. The molecule has 0 saturated carbocycles. The maximum Gasteiger partial charge on any atom is 0.287 e. The molecule has 0 bridgehead atoms. The van der Waals surface area contributed by atoms with Gasteiger partial charge in [-0.15, -0.1) is 0 Å². The summed E-state index contributed by atoms with van der Waals surface area (Å²) in [5.41, 5.74) is -0.185. The van der Waals surface area contributed by atoms with Gasteiger partial charge in [-0.25, -0.2) is 0 Å². The predicted octanol–water partition coefficient (Wildman–Crippen LogP) is 0.923. The van der Waals surface area contributed by atoms with E-state index < -0.39 is 11.9 Å². The third kappa shape index (κ3) is 5.05. The number of nitrogens with one attached hydrogen (secondary N) is 2. The van der Waals surface area contributed by atoms with E-state index >= 15 is 0 Å². The Kier molecular flexibility index (Phi) is 5.76. The minimum atomic E-state index is -0.655. The molecule has 0 aliphatic heterocycles. The van der Waals surface area contributed by atoms with Crippen LogP contribution in [0.4, 0.5) is 0 Å². The summed E-state index contributed by atoms with van der Waals surface area (Å²) in [4.78, 5) is 23.6. The molecule has 3 N–H and O–H groups in total. The molecule has 1 heterocycles. The first-order chi connectivity index (χ1) is 9.35. The van der Waals surface area contributed by atoms with Gasteiger partial charge in [-0.2, -0.15) is 0 Å². The largest absolute Gasteiger partial charge is 0.459 e. The lowest BCUT2D eigenvalue weighted by Crippen LogP contribution is -2.47. The lowest BCUT2D eigenvalue weighted by molar-refractivity contribution is -0.123. The highest BCUT2D eigenvalue weighted by atomic mass is 16.3.